The molecule has 96 valence electrons. The van der Waals surface area contributed by atoms with Gasteiger partial charge in [0.2, 0.25) is 0 Å². The predicted molar refractivity (Wildman–Crippen MR) is 68.7 cm³/mol. The Kier molecular flexibility index (Phi) is 2.91. The molecule has 2 aliphatic rings. The van der Waals surface area contributed by atoms with Crippen molar-refractivity contribution in [3.8, 4) is 0 Å². The molecule has 0 saturated heterocycles. The van der Waals surface area contributed by atoms with Crippen LogP contribution in [-0.2, 0) is 0 Å². The van der Waals surface area contributed by atoms with E-state index in [0.717, 1.165) is 0 Å². The zero-order valence-electron chi connectivity index (χ0n) is 10.2. The van der Waals surface area contributed by atoms with Gasteiger partial charge in [-0.1, -0.05) is 0 Å². The fraction of sp³-hybridized carbons (Fsp3) is 0.538. The molecule has 2 aliphatic carbocycles. The summed E-state index contributed by atoms with van der Waals surface area (Å²) < 4.78 is 0. The molecule has 0 unspecified atom stereocenters. The van der Waals surface area contributed by atoms with Gasteiger partial charge in [-0.2, -0.15) is 0 Å². The van der Waals surface area contributed by atoms with Crippen molar-refractivity contribution in [2.24, 2.45) is 17.7 Å². The molecule has 1 aromatic rings. The number of anilines is 1. The van der Waals surface area contributed by atoms with E-state index in [1.807, 2.05) is 0 Å². The van der Waals surface area contributed by atoms with Crippen LogP contribution in [-0.4, -0.2) is 16.9 Å². The second-order valence-corrected chi connectivity index (χ2v) is 5.24. The van der Waals surface area contributed by atoms with E-state index >= 15 is 0 Å². The number of aromatic nitrogens is 1. The summed E-state index contributed by atoms with van der Waals surface area (Å²) in [6.07, 6.45) is 8.16. The number of nitrogens with two attached hydrogens (primary N) is 1. The molecule has 2 saturated carbocycles. The quantitative estimate of drug-likeness (QED) is 0.540. The highest BCUT2D eigenvalue weighted by Gasteiger charge is 2.42. The first-order valence-corrected chi connectivity index (χ1v) is 6.51. The number of rotatable bonds is 5. The molecule has 4 N–H and O–H groups in total. The van der Waals surface area contributed by atoms with Gasteiger partial charge in [0, 0.05) is 18.4 Å². The third kappa shape index (κ3) is 2.31. The fourth-order valence-corrected chi connectivity index (χ4v) is 2.46. The van der Waals surface area contributed by atoms with Crippen molar-refractivity contribution in [1.82, 2.24) is 10.3 Å². The lowest BCUT2D eigenvalue weighted by Gasteiger charge is -2.18. The number of hydrazine groups is 1. The average Bonchev–Trinajstić information content (AvgIpc) is 3.29. The number of pyridine rings is 1. The van der Waals surface area contributed by atoms with E-state index < -0.39 is 0 Å². The Hall–Kier alpha value is -1.62. The molecule has 0 bridgehead atoms. The Balaban J connectivity index is 1.73. The molecule has 0 spiro atoms. The monoisotopic (exact) mass is 246 g/mol. The maximum absolute atomic E-state index is 12.3. The van der Waals surface area contributed by atoms with Crippen molar-refractivity contribution < 1.29 is 4.79 Å². The number of nitrogens with zero attached hydrogens (tertiary/aromatic N) is 1. The van der Waals surface area contributed by atoms with E-state index in [1.54, 1.807) is 18.5 Å². The smallest absolute Gasteiger partial charge is 0.255 e. The number of nitrogens with one attached hydrogen (secondary N) is 2. The number of amides is 1. The van der Waals surface area contributed by atoms with E-state index in [4.69, 9.17) is 5.84 Å². The third-order valence-electron chi connectivity index (χ3n) is 3.78. The molecule has 1 aromatic heterocycles. The van der Waals surface area contributed by atoms with E-state index in [1.165, 1.54) is 25.7 Å². The normalized spacial score (nSPS) is 18.8. The summed E-state index contributed by atoms with van der Waals surface area (Å²) in [6.45, 7) is 0. The van der Waals surface area contributed by atoms with E-state index in [2.05, 4.69) is 15.7 Å². The lowest BCUT2D eigenvalue weighted by Crippen LogP contribution is -2.38. The molecule has 1 amide bonds. The minimum atomic E-state index is -0.0696. The summed E-state index contributed by atoms with van der Waals surface area (Å²) in [7, 11) is 0. The second-order valence-electron chi connectivity index (χ2n) is 5.24. The van der Waals surface area contributed by atoms with Gasteiger partial charge in [0.1, 0.15) is 0 Å². The number of carbonyl (C=O) groups excluding carboxylic acids is 1. The molecule has 18 heavy (non-hydrogen) atoms. The summed E-state index contributed by atoms with van der Waals surface area (Å²) in [5.74, 6) is 6.71. The molecule has 1 heterocycles. The summed E-state index contributed by atoms with van der Waals surface area (Å²) in [4.78, 5) is 16.2. The average molecular weight is 246 g/mol. The van der Waals surface area contributed by atoms with Crippen LogP contribution in [0.25, 0.3) is 0 Å². The van der Waals surface area contributed by atoms with E-state index in [9.17, 15) is 4.79 Å². The van der Waals surface area contributed by atoms with Crippen LogP contribution in [0.1, 0.15) is 36.0 Å². The third-order valence-corrected chi connectivity index (χ3v) is 3.78. The first-order valence-electron chi connectivity index (χ1n) is 6.51. The highest BCUT2D eigenvalue weighted by molar-refractivity contribution is 5.99. The van der Waals surface area contributed by atoms with Crippen LogP contribution >= 0.6 is 0 Å². The number of hydrogen-bond donors (Lipinski definition) is 3. The Morgan fingerprint density at radius 1 is 1.33 bits per heavy atom. The van der Waals surface area contributed by atoms with Crippen molar-refractivity contribution in [2.75, 3.05) is 5.43 Å². The standard InChI is InChI=1S/C13H18N4O/c14-17-11-5-6-15-7-10(11)13(18)16-12(8-1-2-8)9-3-4-9/h5-9,12H,1-4,14H2,(H,15,17)(H,16,18). The zero-order valence-corrected chi connectivity index (χ0v) is 10.2. The summed E-state index contributed by atoms with van der Waals surface area (Å²) >= 11 is 0. The Morgan fingerprint density at radius 2 is 2.00 bits per heavy atom. The molecule has 5 heteroatoms. The zero-order chi connectivity index (χ0) is 12.5. The van der Waals surface area contributed by atoms with Crippen molar-refractivity contribution in [3.63, 3.8) is 0 Å². The van der Waals surface area contributed by atoms with Gasteiger partial charge < -0.3 is 10.7 Å². The highest BCUT2D eigenvalue weighted by Crippen LogP contribution is 2.44. The number of nitrogen functional groups attached to an aromatic ring is 1. The minimum absolute atomic E-state index is 0.0696. The van der Waals surface area contributed by atoms with Crippen molar-refractivity contribution >= 4 is 11.6 Å². The fourth-order valence-electron chi connectivity index (χ4n) is 2.46. The largest absolute Gasteiger partial charge is 0.349 e. The van der Waals surface area contributed by atoms with Gasteiger partial charge in [-0.15, -0.1) is 0 Å². The number of hydrogen-bond acceptors (Lipinski definition) is 4. The lowest BCUT2D eigenvalue weighted by molar-refractivity contribution is 0.0927. The van der Waals surface area contributed by atoms with Gasteiger partial charge >= 0.3 is 0 Å². The minimum Gasteiger partial charge on any atom is -0.349 e. The van der Waals surface area contributed by atoms with Gasteiger partial charge in [-0.05, 0) is 43.6 Å². The van der Waals surface area contributed by atoms with Crippen LogP contribution in [0.4, 0.5) is 5.69 Å². The summed E-state index contributed by atoms with van der Waals surface area (Å²) in [5.41, 5.74) is 3.68. The summed E-state index contributed by atoms with van der Waals surface area (Å²) in [6, 6.07) is 2.06. The van der Waals surface area contributed by atoms with E-state index in [0.29, 0.717) is 29.1 Å². The highest BCUT2D eigenvalue weighted by atomic mass is 16.1. The molecule has 5 nitrogen and oxygen atoms in total. The van der Waals surface area contributed by atoms with Crippen LogP contribution in [0.3, 0.4) is 0 Å². The van der Waals surface area contributed by atoms with Crippen LogP contribution in [0.15, 0.2) is 18.5 Å². The molecule has 0 radical (unpaired) electrons. The van der Waals surface area contributed by atoms with Gasteiger partial charge in [0.25, 0.3) is 5.91 Å². The Bertz CT molecular complexity index is 442. The van der Waals surface area contributed by atoms with Crippen LogP contribution in [0.5, 0.6) is 0 Å². The molecule has 0 aromatic carbocycles. The molecule has 0 aliphatic heterocycles. The van der Waals surface area contributed by atoms with Crippen LogP contribution in [0.2, 0.25) is 0 Å². The second kappa shape index (κ2) is 4.57. The SMILES string of the molecule is NNc1ccncc1C(=O)NC(C1CC1)C1CC1. The molecule has 2 fully saturated rings. The summed E-state index contributed by atoms with van der Waals surface area (Å²) in [5, 5.41) is 3.16. The maximum atomic E-state index is 12.3. The molecule has 0 atom stereocenters. The first kappa shape index (κ1) is 11.5. The predicted octanol–water partition coefficient (Wildman–Crippen LogP) is 1.29. The maximum Gasteiger partial charge on any atom is 0.255 e. The first-order chi connectivity index (χ1) is 8.79. The Labute approximate surface area is 106 Å². The van der Waals surface area contributed by atoms with Crippen molar-refractivity contribution in [1.29, 1.82) is 0 Å². The van der Waals surface area contributed by atoms with Crippen LogP contribution in [0, 0.1) is 11.8 Å². The number of carbonyl (C=O) groups is 1. The van der Waals surface area contributed by atoms with Gasteiger partial charge in [-0.3, -0.25) is 15.6 Å². The van der Waals surface area contributed by atoms with Crippen molar-refractivity contribution in [2.45, 2.75) is 31.7 Å². The van der Waals surface area contributed by atoms with E-state index in [-0.39, 0.29) is 5.91 Å². The lowest BCUT2D eigenvalue weighted by atomic mass is 10.1. The Morgan fingerprint density at radius 3 is 2.56 bits per heavy atom. The van der Waals surface area contributed by atoms with Gasteiger partial charge in [0.05, 0.1) is 11.3 Å². The molecular weight excluding hydrogens is 228 g/mol. The van der Waals surface area contributed by atoms with Gasteiger partial charge in [0.15, 0.2) is 0 Å². The van der Waals surface area contributed by atoms with Crippen molar-refractivity contribution in [3.05, 3.63) is 24.0 Å². The topological polar surface area (TPSA) is 80.0 Å². The van der Waals surface area contributed by atoms with Gasteiger partial charge in [-0.25, -0.2) is 0 Å². The molecule has 3 rings (SSSR count). The molecular formula is C13H18N4O. The van der Waals surface area contributed by atoms with Crippen LogP contribution < -0.4 is 16.6 Å².